The van der Waals surface area contributed by atoms with Gasteiger partial charge in [0.25, 0.3) is 11.5 Å². The Hall–Kier alpha value is -2.95. The fourth-order valence-electron chi connectivity index (χ4n) is 3.20. The maximum Gasteiger partial charge on any atom is 0.270 e. The molecule has 2 heterocycles. The zero-order chi connectivity index (χ0) is 17.4. The third-order valence-electron chi connectivity index (χ3n) is 4.72. The monoisotopic (exact) mass is 333 g/mol. The van der Waals surface area contributed by atoms with Crippen LogP contribution in [0, 0.1) is 6.92 Å². The molecule has 0 unspecified atom stereocenters. The van der Waals surface area contributed by atoms with Gasteiger partial charge in [-0.2, -0.15) is 0 Å². The molecule has 5 heteroatoms. The number of aromatic nitrogens is 2. The van der Waals surface area contributed by atoms with E-state index in [1.165, 1.54) is 21.7 Å². The van der Waals surface area contributed by atoms with Crippen molar-refractivity contribution in [1.82, 2.24) is 14.7 Å². The summed E-state index contributed by atoms with van der Waals surface area (Å²) in [6, 6.07) is 13.6. The van der Waals surface area contributed by atoms with E-state index < -0.39 is 0 Å². The second-order valence-corrected chi connectivity index (χ2v) is 6.81. The Bertz CT molecular complexity index is 1020. The fourth-order valence-corrected chi connectivity index (χ4v) is 3.20. The van der Waals surface area contributed by atoms with Crippen LogP contribution < -0.4 is 10.9 Å². The maximum atomic E-state index is 12.7. The quantitative estimate of drug-likeness (QED) is 0.798. The number of carbonyl (C=O) groups is 1. The second kappa shape index (κ2) is 5.84. The van der Waals surface area contributed by atoms with Crippen molar-refractivity contribution in [3.05, 3.63) is 81.9 Å². The molecule has 1 aliphatic rings. The van der Waals surface area contributed by atoms with E-state index in [4.69, 9.17) is 0 Å². The highest BCUT2D eigenvalue weighted by atomic mass is 16.2. The van der Waals surface area contributed by atoms with Crippen molar-refractivity contribution in [2.45, 2.75) is 31.7 Å². The van der Waals surface area contributed by atoms with Gasteiger partial charge in [-0.1, -0.05) is 35.9 Å². The Labute approximate surface area is 145 Å². The zero-order valence-corrected chi connectivity index (χ0v) is 14.0. The average Bonchev–Trinajstić information content (AvgIpc) is 3.34. The lowest BCUT2D eigenvalue weighted by molar-refractivity contribution is 0.0929. The van der Waals surface area contributed by atoms with Gasteiger partial charge in [-0.15, -0.1) is 0 Å². The summed E-state index contributed by atoms with van der Waals surface area (Å²) in [5, 5.41) is 3.06. The van der Waals surface area contributed by atoms with Gasteiger partial charge < -0.3 is 5.32 Å². The molecule has 3 aromatic rings. The third kappa shape index (κ3) is 3.05. The molecule has 0 aliphatic heterocycles. The summed E-state index contributed by atoms with van der Waals surface area (Å²) in [6.07, 6.45) is 5.63. The van der Waals surface area contributed by atoms with Crippen LogP contribution in [0.2, 0.25) is 0 Å². The van der Waals surface area contributed by atoms with Crippen molar-refractivity contribution < 1.29 is 4.79 Å². The molecule has 0 bridgehead atoms. The van der Waals surface area contributed by atoms with Crippen LogP contribution in [0.5, 0.6) is 0 Å². The van der Waals surface area contributed by atoms with E-state index in [0.717, 1.165) is 19.3 Å². The molecule has 25 heavy (non-hydrogen) atoms. The van der Waals surface area contributed by atoms with E-state index in [-0.39, 0.29) is 22.6 Å². The molecule has 1 N–H and O–H groups in total. The highest BCUT2D eigenvalue weighted by Crippen LogP contribution is 2.38. The molecule has 0 saturated heterocycles. The lowest BCUT2D eigenvalue weighted by Gasteiger charge is -2.17. The molecule has 0 atom stereocenters. The van der Waals surface area contributed by atoms with Crippen LogP contribution in [0.1, 0.15) is 34.3 Å². The Morgan fingerprint density at radius 1 is 1.24 bits per heavy atom. The van der Waals surface area contributed by atoms with Gasteiger partial charge in [0, 0.05) is 17.9 Å². The molecule has 1 amide bonds. The topological polar surface area (TPSA) is 63.5 Å². The summed E-state index contributed by atoms with van der Waals surface area (Å²) >= 11 is 0. The molecule has 1 aliphatic carbocycles. The number of benzene rings is 1. The smallest absolute Gasteiger partial charge is 0.270 e. The van der Waals surface area contributed by atoms with Gasteiger partial charge in [0.05, 0.1) is 0 Å². The predicted molar refractivity (Wildman–Crippen MR) is 95.8 cm³/mol. The summed E-state index contributed by atoms with van der Waals surface area (Å²) in [5.41, 5.74) is 2.44. The van der Waals surface area contributed by atoms with Crippen LogP contribution in [0.25, 0.3) is 5.65 Å². The number of hydrogen-bond donors (Lipinski definition) is 1. The SMILES string of the molecule is Cc1cccc(CC2(NC(=O)c3cnc4ccccn4c3=O)CC2)c1. The molecular formula is C20H19N3O2. The van der Waals surface area contributed by atoms with Crippen LogP contribution in [0.4, 0.5) is 0 Å². The molecule has 1 saturated carbocycles. The average molecular weight is 333 g/mol. The van der Waals surface area contributed by atoms with Crippen LogP contribution in [-0.4, -0.2) is 20.8 Å². The largest absolute Gasteiger partial charge is 0.346 e. The molecule has 0 radical (unpaired) electrons. The summed E-state index contributed by atoms with van der Waals surface area (Å²) in [5.74, 6) is -0.346. The second-order valence-electron chi connectivity index (χ2n) is 6.81. The minimum Gasteiger partial charge on any atom is -0.346 e. The summed E-state index contributed by atoms with van der Waals surface area (Å²) in [4.78, 5) is 29.4. The Kier molecular flexibility index (Phi) is 3.64. The Morgan fingerprint density at radius 3 is 2.84 bits per heavy atom. The standard InChI is InChI=1S/C20H19N3O2/c1-14-5-4-6-15(11-14)12-20(8-9-20)22-18(24)16-13-21-17-7-2-3-10-23(17)19(16)25/h2-7,10-11,13H,8-9,12H2,1H3,(H,22,24). The van der Waals surface area contributed by atoms with Crippen molar-refractivity contribution in [2.24, 2.45) is 0 Å². The Morgan fingerprint density at radius 2 is 2.08 bits per heavy atom. The van der Waals surface area contributed by atoms with E-state index in [1.807, 2.05) is 12.1 Å². The fraction of sp³-hybridized carbons (Fsp3) is 0.250. The number of nitrogens with zero attached hydrogens (tertiary/aromatic N) is 2. The Balaban J connectivity index is 1.58. The van der Waals surface area contributed by atoms with Crippen LogP contribution in [0.15, 0.2) is 59.7 Å². The molecule has 126 valence electrons. The molecule has 5 nitrogen and oxygen atoms in total. The lowest BCUT2D eigenvalue weighted by Crippen LogP contribution is -2.41. The van der Waals surface area contributed by atoms with Crippen LogP contribution in [-0.2, 0) is 6.42 Å². The van der Waals surface area contributed by atoms with E-state index in [2.05, 4.69) is 35.4 Å². The molecule has 4 rings (SSSR count). The third-order valence-corrected chi connectivity index (χ3v) is 4.72. The van der Waals surface area contributed by atoms with Crippen molar-refractivity contribution in [3.63, 3.8) is 0 Å². The number of carbonyl (C=O) groups excluding carboxylic acids is 1. The van der Waals surface area contributed by atoms with Gasteiger partial charge >= 0.3 is 0 Å². The minimum absolute atomic E-state index is 0.0826. The van der Waals surface area contributed by atoms with E-state index >= 15 is 0 Å². The first-order valence-corrected chi connectivity index (χ1v) is 8.41. The first-order valence-electron chi connectivity index (χ1n) is 8.41. The van der Waals surface area contributed by atoms with Gasteiger partial charge in [0.2, 0.25) is 0 Å². The number of nitrogens with one attached hydrogen (secondary N) is 1. The van der Waals surface area contributed by atoms with Gasteiger partial charge in [0.15, 0.2) is 0 Å². The van der Waals surface area contributed by atoms with E-state index in [9.17, 15) is 9.59 Å². The maximum absolute atomic E-state index is 12.7. The first-order chi connectivity index (χ1) is 12.1. The van der Waals surface area contributed by atoms with Crippen LogP contribution in [0.3, 0.4) is 0 Å². The molecule has 0 spiro atoms. The molecule has 1 aromatic carbocycles. The lowest BCUT2D eigenvalue weighted by atomic mass is 10.0. The van der Waals surface area contributed by atoms with E-state index in [0.29, 0.717) is 5.65 Å². The van der Waals surface area contributed by atoms with Gasteiger partial charge in [0.1, 0.15) is 11.2 Å². The summed E-state index contributed by atoms with van der Waals surface area (Å²) in [7, 11) is 0. The summed E-state index contributed by atoms with van der Waals surface area (Å²) < 4.78 is 1.40. The number of rotatable bonds is 4. The number of aryl methyl sites for hydroxylation is 1. The van der Waals surface area contributed by atoms with Crippen molar-refractivity contribution >= 4 is 11.6 Å². The number of pyridine rings is 1. The molecule has 2 aromatic heterocycles. The minimum atomic E-state index is -0.346. The number of fused-ring (bicyclic) bond motifs is 1. The van der Waals surface area contributed by atoms with Crippen molar-refractivity contribution in [2.75, 3.05) is 0 Å². The highest BCUT2D eigenvalue weighted by molar-refractivity contribution is 5.94. The van der Waals surface area contributed by atoms with E-state index in [1.54, 1.807) is 18.3 Å². The van der Waals surface area contributed by atoms with Crippen LogP contribution >= 0.6 is 0 Å². The molecule has 1 fully saturated rings. The van der Waals surface area contributed by atoms with Crippen molar-refractivity contribution in [3.8, 4) is 0 Å². The van der Waals surface area contributed by atoms with Crippen molar-refractivity contribution in [1.29, 1.82) is 0 Å². The van der Waals surface area contributed by atoms with Gasteiger partial charge in [-0.25, -0.2) is 4.98 Å². The number of amides is 1. The highest BCUT2D eigenvalue weighted by Gasteiger charge is 2.44. The van der Waals surface area contributed by atoms with Gasteiger partial charge in [-0.05, 0) is 43.9 Å². The zero-order valence-electron chi connectivity index (χ0n) is 14.0. The normalized spacial score (nSPS) is 15.1. The summed E-state index contributed by atoms with van der Waals surface area (Å²) in [6.45, 7) is 2.06. The number of hydrogen-bond acceptors (Lipinski definition) is 3. The molecular weight excluding hydrogens is 314 g/mol. The predicted octanol–water partition coefficient (Wildman–Crippen LogP) is 2.51. The van der Waals surface area contributed by atoms with Gasteiger partial charge in [-0.3, -0.25) is 14.0 Å². The first kappa shape index (κ1) is 15.6.